The molecule has 0 aliphatic carbocycles. The molecule has 0 radical (unpaired) electrons. The zero-order valence-electron chi connectivity index (χ0n) is 10.4. The molecule has 0 saturated heterocycles. The number of aromatic nitrogens is 2. The van der Waals surface area contributed by atoms with E-state index in [2.05, 4.69) is 35.6 Å². The molecule has 0 aromatic carbocycles. The highest BCUT2D eigenvalue weighted by Gasteiger charge is 2.10. The molecule has 0 aliphatic heterocycles. The third kappa shape index (κ3) is 3.06. The monoisotopic (exact) mass is 209 g/mol. The number of hydrogen-bond acceptors (Lipinski definition) is 2. The van der Waals surface area contributed by atoms with Crippen molar-refractivity contribution in [2.24, 2.45) is 5.92 Å². The Balaban J connectivity index is 2.77. The van der Waals surface area contributed by atoms with Gasteiger partial charge in [-0.15, -0.1) is 0 Å². The van der Waals surface area contributed by atoms with Gasteiger partial charge in [0.25, 0.3) is 0 Å². The molecule has 3 heteroatoms. The minimum atomic E-state index is 0.772. The fourth-order valence-corrected chi connectivity index (χ4v) is 1.89. The van der Waals surface area contributed by atoms with Gasteiger partial charge in [-0.05, 0) is 19.9 Å². The van der Waals surface area contributed by atoms with Crippen LogP contribution in [0.1, 0.15) is 38.2 Å². The van der Waals surface area contributed by atoms with Gasteiger partial charge in [-0.25, -0.2) is 4.98 Å². The third-order valence-electron chi connectivity index (χ3n) is 3.09. The van der Waals surface area contributed by atoms with Crippen LogP contribution in [-0.4, -0.2) is 16.6 Å². The number of aryl methyl sites for hydroxylation is 1. The maximum atomic E-state index is 4.38. The molecule has 1 rings (SSSR count). The summed E-state index contributed by atoms with van der Waals surface area (Å²) in [5, 5.41) is 3.19. The maximum Gasteiger partial charge on any atom is 0.105 e. The highest BCUT2D eigenvalue weighted by Crippen LogP contribution is 2.14. The molecule has 1 aromatic rings. The van der Waals surface area contributed by atoms with Crippen LogP contribution in [0.2, 0.25) is 0 Å². The summed E-state index contributed by atoms with van der Waals surface area (Å²) in [6.45, 7) is 8.62. The van der Waals surface area contributed by atoms with E-state index in [0.29, 0.717) is 0 Å². The summed E-state index contributed by atoms with van der Waals surface area (Å²) in [6.07, 6.45) is 4.47. The van der Waals surface area contributed by atoms with E-state index in [1.807, 2.05) is 13.2 Å². The van der Waals surface area contributed by atoms with Gasteiger partial charge in [0.15, 0.2) is 0 Å². The van der Waals surface area contributed by atoms with Gasteiger partial charge in [0.2, 0.25) is 0 Å². The Labute approximate surface area is 92.9 Å². The summed E-state index contributed by atoms with van der Waals surface area (Å²) >= 11 is 0. The molecule has 1 N–H and O–H groups in total. The lowest BCUT2D eigenvalue weighted by atomic mass is 10.0. The van der Waals surface area contributed by atoms with E-state index in [4.69, 9.17) is 0 Å². The molecule has 0 fully saturated rings. The van der Waals surface area contributed by atoms with Gasteiger partial charge in [-0.1, -0.05) is 26.7 Å². The number of nitrogens with one attached hydrogen (secondary N) is 1. The van der Waals surface area contributed by atoms with Crippen LogP contribution in [0, 0.1) is 12.8 Å². The van der Waals surface area contributed by atoms with E-state index in [1.54, 1.807) is 0 Å². The predicted molar refractivity (Wildman–Crippen MR) is 63.8 cm³/mol. The molecule has 15 heavy (non-hydrogen) atoms. The smallest absolute Gasteiger partial charge is 0.105 e. The van der Waals surface area contributed by atoms with Crippen LogP contribution in [-0.2, 0) is 13.1 Å². The first-order valence-electron chi connectivity index (χ1n) is 5.88. The molecule has 0 spiro atoms. The molecule has 0 amide bonds. The lowest BCUT2D eigenvalue weighted by Crippen LogP contribution is -2.16. The molecule has 0 saturated carbocycles. The molecule has 0 atom stereocenters. The van der Waals surface area contributed by atoms with Crippen LogP contribution in [0.25, 0.3) is 0 Å². The fourth-order valence-electron chi connectivity index (χ4n) is 1.89. The summed E-state index contributed by atoms with van der Waals surface area (Å²) in [7, 11) is 1.98. The van der Waals surface area contributed by atoms with Crippen molar-refractivity contribution >= 4 is 0 Å². The summed E-state index contributed by atoms with van der Waals surface area (Å²) < 4.78 is 2.34. The molecule has 1 heterocycles. The topological polar surface area (TPSA) is 29.9 Å². The van der Waals surface area contributed by atoms with E-state index in [-0.39, 0.29) is 0 Å². The van der Waals surface area contributed by atoms with Crippen molar-refractivity contribution in [1.29, 1.82) is 0 Å². The Kier molecular flexibility index (Phi) is 4.82. The Bertz CT molecular complexity index is 287. The van der Waals surface area contributed by atoms with E-state index < -0.39 is 0 Å². The van der Waals surface area contributed by atoms with Gasteiger partial charge in [-0.2, -0.15) is 0 Å². The van der Waals surface area contributed by atoms with Crippen LogP contribution in [0.5, 0.6) is 0 Å². The molecule has 3 nitrogen and oxygen atoms in total. The summed E-state index contributed by atoms with van der Waals surface area (Å²) in [6, 6.07) is 0. The predicted octanol–water partition coefficient (Wildman–Crippen LogP) is 2.35. The average molecular weight is 209 g/mol. The minimum absolute atomic E-state index is 0.772. The van der Waals surface area contributed by atoms with E-state index in [0.717, 1.165) is 24.8 Å². The first-order chi connectivity index (χ1) is 7.22. The Morgan fingerprint density at radius 2 is 2.07 bits per heavy atom. The second kappa shape index (κ2) is 5.91. The largest absolute Gasteiger partial charge is 0.331 e. The number of imidazole rings is 1. The van der Waals surface area contributed by atoms with Gasteiger partial charge >= 0.3 is 0 Å². The summed E-state index contributed by atoms with van der Waals surface area (Å²) in [5.74, 6) is 1.90. The molecular formula is C12H23N3. The van der Waals surface area contributed by atoms with E-state index in [9.17, 15) is 0 Å². The second-order valence-corrected chi connectivity index (χ2v) is 4.12. The van der Waals surface area contributed by atoms with Crippen molar-refractivity contribution in [2.75, 3.05) is 7.05 Å². The zero-order valence-corrected chi connectivity index (χ0v) is 10.4. The molecule has 0 unspecified atom stereocenters. The zero-order chi connectivity index (χ0) is 11.3. The summed E-state index contributed by atoms with van der Waals surface area (Å²) in [4.78, 5) is 4.38. The molecule has 1 aromatic heterocycles. The quantitative estimate of drug-likeness (QED) is 0.779. The average Bonchev–Trinajstić information content (AvgIpc) is 2.58. The highest BCUT2D eigenvalue weighted by molar-refractivity contribution is 5.04. The van der Waals surface area contributed by atoms with Gasteiger partial charge in [0.05, 0.1) is 5.69 Å². The lowest BCUT2D eigenvalue weighted by molar-refractivity contribution is 0.405. The highest BCUT2D eigenvalue weighted by atomic mass is 15.1. The Hall–Kier alpha value is -0.830. The first-order valence-corrected chi connectivity index (χ1v) is 5.88. The molecular weight excluding hydrogens is 186 g/mol. The number of rotatable bonds is 6. The SMILES string of the molecule is CCC(CC)Cn1c(CNC)cnc1C. The van der Waals surface area contributed by atoms with E-state index in [1.165, 1.54) is 18.5 Å². The third-order valence-corrected chi connectivity index (χ3v) is 3.09. The van der Waals surface area contributed by atoms with Crippen molar-refractivity contribution < 1.29 is 0 Å². The first kappa shape index (κ1) is 12.2. The summed E-state index contributed by atoms with van der Waals surface area (Å²) in [5.41, 5.74) is 1.29. The Morgan fingerprint density at radius 3 is 2.60 bits per heavy atom. The molecule has 0 bridgehead atoms. The lowest BCUT2D eigenvalue weighted by Gasteiger charge is -2.16. The normalized spacial score (nSPS) is 11.3. The fraction of sp³-hybridized carbons (Fsp3) is 0.750. The molecule has 0 aliphatic rings. The van der Waals surface area contributed by atoms with Crippen molar-refractivity contribution in [3.8, 4) is 0 Å². The maximum absolute atomic E-state index is 4.38. The van der Waals surface area contributed by atoms with E-state index >= 15 is 0 Å². The van der Waals surface area contributed by atoms with Gasteiger partial charge in [0, 0.05) is 19.3 Å². The molecule has 86 valence electrons. The Morgan fingerprint density at radius 1 is 1.40 bits per heavy atom. The van der Waals surface area contributed by atoms with Crippen LogP contribution in [0.4, 0.5) is 0 Å². The number of hydrogen-bond donors (Lipinski definition) is 1. The van der Waals surface area contributed by atoms with Crippen molar-refractivity contribution in [2.45, 2.75) is 46.7 Å². The number of nitrogens with zero attached hydrogens (tertiary/aromatic N) is 2. The van der Waals surface area contributed by atoms with Crippen LogP contribution < -0.4 is 5.32 Å². The van der Waals surface area contributed by atoms with Crippen LogP contribution in [0.15, 0.2) is 6.20 Å². The van der Waals surface area contributed by atoms with Crippen molar-refractivity contribution in [3.05, 3.63) is 17.7 Å². The van der Waals surface area contributed by atoms with Crippen LogP contribution in [0.3, 0.4) is 0 Å². The second-order valence-electron chi connectivity index (χ2n) is 4.12. The van der Waals surface area contributed by atoms with Gasteiger partial charge in [-0.3, -0.25) is 0 Å². The standard InChI is InChI=1S/C12H23N3/c1-5-11(6-2)9-15-10(3)14-8-12(15)7-13-4/h8,11,13H,5-7,9H2,1-4H3. The van der Waals surface area contributed by atoms with Gasteiger partial charge in [0.1, 0.15) is 5.82 Å². The van der Waals surface area contributed by atoms with Crippen LogP contribution >= 0.6 is 0 Å². The van der Waals surface area contributed by atoms with Crippen molar-refractivity contribution in [3.63, 3.8) is 0 Å². The van der Waals surface area contributed by atoms with Crippen molar-refractivity contribution in [1.82, 2.24) is 14.9 Å². The van der Waals surface area contributed by atoms with Gasteiger partial charge < -0.3 is 9.88 Å². The minimum Gasteiger partial charge on any atom is -0.331 e.